The van der Waals surface area contributed by atoms with Crippen LogP contribution in [0.4, 0.5) is 0 Å². The maximum absolute atomic E-state index is 11.8. The molecule has 1 aromatic heterocycles. The molecule has 2 N–H and O–H groups in total. The lowest BCUT2D eigenvalue weighted by Gasteiger charge is -2.04. The van der Waals surface area contributed by atoms with Crippen LogP contribution in [0.1, 0.15) is 18.1 Å². The molecular formula is C14H17N3O. The van der Waals surface area contributed by atoms with Crippen LogP contribution in [0, 0.1) is 0 Å². The fraction of sp³-hybridized carbons (Fsp3) is 0.286. The molecule has 0 radical (unpaired) electrons. The highest BCUT2D eigenvalue weighted by Crippen LogP contribution is 2.14. The van der Waals surface area contributed by atoms with E-state index in [1.165, 1.54) is 5.56 Å². The average molecular weight is 243 g/mol. The molecular weight excluding hydrogens is 226 g/mol. The van der Waals surface area contributed by atoms with Crippen LogP contribution in [0.3, 0.4) is 0 Å². The van der Waals surface area contributed by atoms with Crippen molar-refractivity contribution in [2.45, 2.75) is 19.9 Å². The number of aromatic nitrogens is 2. The van der Waals surface area contributed by atoms with Gasteiger partial charge in [0, 0.05) is 23.9 Å². The van der Waals surface area contributed by atoms with Crippen molar-refractivity contribution in [2.75, 3.05) is 7.05 Å². The van der Waals surface area contributed by atoms with Crippen molar-refractivity contribution in [2.24, 2.45) is 0 Å². The highest BCUT2D eigenvalue weighted by atomic mass is 16.1. The fourth-order valence-corrected chi connectivity index (χ4v) is 1.78. The molecule has 1 aromatic carbocycles. The predicted molar refractivity (Wildman–Crippen MR) is 72.4 cm³/mol. The van der Waals surface area contributed by atoms with Crippen LogP contribution < -0.4 is 10.9 Å². The predicted octanol–water partition coefficient (Wildman–Crippen LogP) is 1.72. The number of rotatable bonds is 4. The second kappa shape index (κ2) is 5.60. The van der Waals surface area contributed by atoms with Crippen molar-refractivity contribution in [3.63, 3.8) is 0 Å². The standard InChI is InChI=1S/C14H17N3O/c1-3-10-4-6-11(7-5-10)13-16-9-12(8-15-2)14(18)17-13/h4-7,9,15H,3,8H2,1-2H3,(H,16,17,18). The second-order valence-electron chi connectivity index (χ2n) is 4.17. The largest absolute Gasteiger partial charge is 0.315 e. The first-order valence-electron chi connectivity index (χ1n) is 6.06. The van der Waals surface area contributed by atoms with E-state index in [2.05, 4.69) is 34.3 Å². The third-order valence-corrected chi connectivity index (χ3v) is 2.88. The summed E-state index contributed by atoms with van der Waals surface area (Å²) < 4.78 is 0. The van der Waals surface area contributed by atoms with E-state index >= 15 is 0 Å². The van der Waals surface area contributed by atoms with Crippen molar-refractivity contribution in [3.05, 3.63) is 51.9 Å². The number of hydrogen-bond acceptors (Lipinski definition) is 3. The van der Waals surface area contributed by atoms with Gasteiger partial charge in [0.2, 0.25) is 0 Å². The number of nitrogens with one attached hydrogen (secondary N) is 2. The molecule has 0 amide bonds. The van der Waals surface area contributed by atoms with Crippen molar-refractivity contribution in [3.8, 4) is 11.4 Å². The lowest BCUT2D eigenvalue weighted by molar-refractivity contribution is 0.798. The lowest BCUT2D eigenvalue weighted by Crippen LogP contribution is -2.19. The first kappa shape index (κ1) is 12.5. The van der Waals surface area contributed by atoms with E-state index < -0.39 is 0 Å². The molecule has 0 aliphatic carbocycles. The van der Waals surface area contributed by atoms with Crippen LogP contribution in [0.5, 0.6) is 0 Å². The van der Waals surface area contributed by atoms with Gasteiger partial charge in [-0.1, -0.05) is 31.2 Å². The van der Waals surface area contributed by atoms with Gasteiger partial charge in [0.05, 0.1) is 0 Å². The van der Waals surface area contributed by atoms with E-state index in [4.69, 9.17) is 0 Å². The molecule has 0 spiro atoms. The van der Waals surface area contributed by atoms with Gasteiger partial charge < -0.3 is 10.3 Å². The molecule has 94 valence electrons. The van der Waals surface area contributed by atoms with Crippen LogP contribution in [0.2, 0.25) is 0 Å². The Bertz CT molecular complexity index is 572. The molecule has 18 heavy (non-hydrogen) atoms. The number of H-pyrrole nitrogens is 1. The molecule has 2 aromatic rings. The minimum atomic E-state index is -0.0890. The summed E-state index contributed by atoms with van der Waals surface area (Å²) in [4.78, 5) is 18.9. The van der Waals surface area contributed by atoms with Gasteiger partial charge in [-0.05, 0) is 19.0 Å². The van der Waals surface area contributed by atoms with Crippen molar-refractivity contribution in [1.82, 2.24) is 15.3 Å². The molecule has 0 saturated carbocycles. The molecule has 0 bridgehead atoms. The number of nitrogens with zero attached hydrogens (tertiary/aromatic N) is 1. The summed E-state index contributed by atoms with van der Waals surface area (Å²) >= 11 is 0. The maximum Gasteiger partial charge on any atom is 0.255 e. The minimum Gasteiger partial charge on any atom is -0.315 e. The summed E-state index contributed by atoms with van der Waals surface area (Å²) in [6.45, 7) is 2.64. The van der Waals surface area contributed by atoms with Crippen molar-refractivity contribution < 1.29 is 0 Å². The normalized spacial score (nSPS) is 10.6. The molecule has 0 unspecified atom stereocenters. The van der Waals surface area contributed by atoms with E-state index in [1.807, 2.05) is 12.1 Å². The van der Waals surface area contributed by atoms with E-state index in [9.17, 15) is 4.79 Å². The summed E-state index contributed by atoms with van der Waals surface area (Å²) in [6, 6.07) is 8.07. The first-order valence-corrected chi connectivity index (χ1v) is 6.06. The van der Waals surface area contributed by atoms with Gasteiger partial charge in [0.15, 0.2) is 0 Å². The van der Waals surface area contributed by atoms with Gasteiger partial charge in [0.25, 0.3) is 5.56 Å². The van der Waals surface area contributed by atoms with Gasteiger partial charge >= 0.3 is 0 Å². The van der Waals surface area contributed by atoms with Gasteiger partial charge in [-0.25, -0.2) is 4.98 Å². The monoisotopic (exact) mass is 243 g/mol. The zero-order valence-electron chi connectivity index (χ0n) is 10.7. The van der Waals surface area contributed by atoms with Crippen molar-refractivity contribution in [1.29, 1.82) is 0 Å². The van der Waals surface area contributed by atoms with Crippen molar-refractivity contribution >= 4 is 0 Å². The Kier molecular flexibility index (Phi) is 3.89. The summed E-state index contributed by atoms with van der Waals surface area (Å²) in [5, 5.41) is 2.94. The van der Waals surface area contributed by atoms with E-state index in [0.29, 0.717) is 17.9 Å². The molecule has 2 rings (SSSR count). The molecule has 0 fully saturated rings. The number of aryl methyl sites for hydroxylation is 1. The van der Waals surface area contributed by atoms with Crippen LogP contribution in [0.25, 0.3) is 11.4 Å². The number of benzene rings is 1. The number of aromatic amines is 1. The summed E-state index contributed by atoms with van der Waals surface area (Å²) in [6.07, 6.45) is 2.63. The summed E-state index contributed by atoms with van der Waals surface area (Å²) in [5.74, 6) is 0.613. The lowest BCUT2D eigenvalue weighted by atomic mass is 10.1. The first-order chi connectivity index (χ1) is 8.74. The maximum atomic E-state index is 11.8. The Hall–Kier alpha value is -1.94. The van der Waals surface area contributed by atoms with E-state index in [0.717, 1.165) is 12.0 Å². The van der Waals surface area contributed by atoms with Gasteiger partial charge in [-0.2, -0.15) is 0 Å². The topological polar surface area (TPSA) is 57.8 Å². The molecule has 4 heteroatoms. The Morgan fingerprint density at radius 2 is 2.00 bits per heavy atom. The van der Waals surface area contributed by atoms with E-state index in [1.54, 1.807) is 13.2 Å². The Balaban J connectivity index is 2.33. The van der Waals surface area contributed by atoms with Crippen LogP contribution in [0.15, 0.2) is 35.3 Å². The molecule has 4 nitrogen and oxygen atoms in total. The molecule has 0 aliphatic rings. The summed E-state index contributed by atoms with van der Waals surface area (Å²) in [7, 11) is 1.80. The van der Waals surface area contributed by atoms with Crippen LogP contribution in [-0.2, 0) is 13.0 Å². The molecule has 0 saturated heterocycles. The highest BCUT2D eigenvalue weighted by Gasteiger charge is 2.04. The second-order valence-corrected chi connectivity index (χ2v) is 4.17. The summed E-state index contributed by atoms with van der Waals surface area (Å²) in [5.41, 5.74) is 2.76. The van der Waals surface area contributed by atoms with Gasteiger partial charge in [0.1, 0.15) is 5.82 Å². The molecule has 0 aliphatic heterocycles. The quantitative estimate of drug-likeness (QED) is 0.859. The highest BCUT2D eigenvalue weighted by molar-refractivity contribution is 5.55. The van der Waals surface area contributed by atoms with Gasteiger partial charge in [-0.15, -0.1) is 0 Å². The Morgan fingerprint density at radius 3 is 2.56 bits per heavy atom. The third kappa shape index (κ3) is 2.65. The van der Waals surface area contributed by atoms with Crippen LogP contribution in [-0.4, -0.2) is 17.0 Å². The zero-order chi connectivity index (χ0) is 13.0. The molecule has 0 atom stereocenters. The van der Waals surface area contributed by atoms with Crippen LogP contribution >= 0.6 is 0 Å². The fourth-order valence-electron chi connectivity index (χ4n) is 1.78. The SMILES string of the molecule is CCc1ccc(-c2ncc(CNC)c(=O)[nH]2)cc1. The number of hydrogen-bond donors (Lipinski definition) is 2. The van der Waals surface area contributed by atoms with Gasteiger partial charge in [-0.3, -0.25) is 4.79 Å². The zero-order valence-corrected chi connectivity index (χ0v) is 10.7. The molecule has 1 heterocycles. The minimum absolute atomic E-state index is 0.0890. The smallest absolute Gasteiger partial charge is 0.255 e. The average Bonchev–Trinajstić information content (AvgIpc) is 2.41. The Labute approximate surface area is 106 Å². The third-order valence-electron chi connectivity index (χ3n) is 2.88. The van der Waals surface area contributed by atoms with E-state index in [-0.39, 0.29) is 5.56 Å². The Morgan fingerprint density at radius 1 is 1.28 bits per heavy atom.